The molecule has 1 heterocycles. The number of hydrogen-bond donors (Lipinski definition) is 0. The van der Waals surface area contributed by atoms with Gasteiger partial charge in [-0.1, -0.05) is 37.3 Å². The summed E-state index contributed by atoms with van der Waals surface area (Å²) in [6.45, 7) is 3.03. The Morgan fingerprint density at radius 2 is 1.91 bits per heavy atom. The predicted octanol–water partition coefficient (Wildman–Crippen LogP) is 4.07. The minimum absolute atomic E-state index is 0.271. The molecule has 8 heteroatoms. The maximum atomic E-state index is 12.4. The van der Waals surface area contributed by atoms with Gasteiger partial charge in [0, 0.05) is 12.0 Å². The number of ether oxygens (including phenoxy) is 1. The van der Waals surface area contributed by atoms with Crippen molar-refractivity contribution in [1.29, 1.82) is 0 Å². The monoisotopic (exact) mass is 350 g/mol. The molecule has 1 aromatic rings. The van der Waals surface area contributed by atoms with Gasteiger partial charge in [-0.25, -0.2) is 0 Å². The highest BCUT2D eigenvalue weighted by molar-refractivity contribution is 7.87. The van der Waals surface area contributed by atoms with E-state index < -0.39 is 21.7 Å². The first kappa shape index (κ1) is 17.8. The molecule has 23 heavy (non-hydrogen) atoms. The summed E-state index contributed by atoms with van der Waals surface area (Å²) in [6.07, 6.45) is -0.000366. The molecule has 0 N–H and O–H groups in total. The summed E-state index contributed by atoms with van der Waals surface area (Å²) in [5, 5.41) is 0. The van der Waals surface area contributed by atoms with Crippen molar-refractivity contribution in [2.75, 3.05) is 0 Å². The lowest BCUT2D eigenvalue weighted by atomic mass is 10.0. The fourth-order valence-electron chi connectivity index (χ4n) is 2.50. The van der Waals surface area contributed by atoms with E-state index in [1.807, 2.05) is 37.3 Å². The second kappa shape index (κ2) is 6.52. The molecule has 0 amide bonds. The highest BCUT2D eigenvalue weighted by Crippen LogP contribution is 2.40. The Kier molecular flexibility index (Phi) is 5.05. The van der Waals surface area contributed by atoms with Crippen molar-refractivity contribution in [3.8, 4) is 0 Å². The zero-order chi connectivity index (χ0) is 17.3. The SMILES string of the molecule is CCC1OC(c2ccccc2)CC1=C(C)OS(=O)(=O)C(F)(F)F. The van der Waals surface area contributed by atoms with E-state index in [1.165, 1.54) is 6.92 Å². The molecule has 0 aromatic heterocycles. The molecule has 0 radical (unpaired) electrons. The first-order chi connectivity index (χ1) is 10.7. The van der Waals surface area contributed by atoms with Crippen LogP contribution in [-0.2, 0) is 19.0 Å². The van der Waals surface area contributed by atoms with E-state index >= 15 is 0 Å². The van der Waals surface area contributed by atoms with Crippen LogP contribution in [-0.4, -0.2) is 20.0 Å². The minimum atomic E-state index is -5.66. The number of hydrogen-bond acceptors (Lipinski definition) is 4. The van der Waals surface area contributed by atoms with Crippen molar-refractivity contribution in [2.45, 2.75) is 44.4 Å². The third-order valence-corrected chi connectivity index (χ3v) is 4.67. The van der Waals surface area contributed by atoms with Gasteiger partial charge in [0.05, 0.1) is 12.2 Å². The summed E-state index contributed by atoms with van der Waals surface area (Å²) >= 11 is 0. The zero-order valence-corrected chi connectivity index (χ0v) is 13.4. The van der Waals surface area contributed by atoms with Gasteiger partial charge in [0.25, 0.3) is 0 Å². The molecule has 4 nitrogen and oxygen atoms in total. The fourth-order valence-corrected chi connectivity index (χ4v) is 3.03. The zero-order valence-electron chi connectivity index (χ0n) is 12.6. The number of halogens is 3. The quantitative estimate of drug-likeness (QED) is 0.467. The summed E-state index contributed by atoms with van der Waals surface area (Å²) in [5.41, 5.74) is -4.13. The smallest absolute Gasteiger partial charge is 0.381 e. The van der Waals surface area contributed by atoms with Gasteiger partial charge in [-0.15, -0.1) is 0 Å². The van der Waals surface area contributed by atoms with Crippen LogP contribution in [0.3, 0.4) is 0 Å². The van der Waals surface area contributed by atoms with Crippen LogP contribution in [0.2, 0.25) is 0 Å². The van der Waals surface area contributed by atoms with Crippen LogP contribution in [0.4, 0.5) is 13.2 Å². The summed E-state index contributed by atoms with van der Waals surface area (Å²) < 4.78 is 69.7. The third kappa shape index (κ3) is 3.87. The highest BCUT2D eigenvalue weighted by Gasteiger charge is 2.49. The number of benzene rings is 1. The molecular weight excluding hydrogens is 333 g/mol. The molecule has 128 valence electrons. The maximum absolute atomic E-state index is 12.4. The Bertz CT molecular complexity index is 680. The van der Waals surface area contributed by atoms with Crippen molar-refractivity contribution < 1.29 is 30.5 Å². The van der Waals surface area contributed by atoms with Gasteiger partial charge in [0.15, 0.2) is 0 Å². The van der Waals surface area contributed by atoms with Crippen LogP contribution in [0.1, 0.15) is 38.4 Å². The van der Waals surface area contributed by atoms with Crippen LogP contribution < -0.4 is 0 Å². The first-order valence-corrected chi connectivity index (χ1v) is 8.47. The van der Waals surface area contributed by atoms with Crippen LogP contribution in [0, 0.1) is 0 Å². The van der Waals surface area contributed by atoms with Gasteiger partial charge >= 0.3 is 15.6 Å². The van der Waals surface area contributed by atoms with Crippen LogP contribution in [0.25, 0.3) is 0 Å². The Morgan fingerprint density at radius 3 is 2.43 bits per heavy atom. The molecule has 1 fully saturated rings. The molecule has 0 saturated carbocycles. The summed E-state index contributed by atoms with van der Waals surface area (Å²) in [6, 6.07) is 9.21. The molecular formula is C15H17F3O4S. The van der Waals surface area contributed by atoms with E-state index in [1.54, 1.807) is 0 Å². The van der Waals surface area contributed by atoms with Gasteiger partial charge in [-0.2, -0.15) is 21.6 Å². The second-order valence-electron chi connectivity index (χ2n) is 5.20. The molecule has 0 aliphatic carbocycles. The van der Waals surface area contributed by atoms with E-state index in [0.717, 1.165) is 5.56 Å². The lowest BCUT2D eigenvalue weighted by Crippen LogP contribution is -2.25. The normalized spacial score (nSPS) is 24.6. The van der Waals surface area contributed by atoms with Gasteiger partial charge in [0.1, 0.15) is 5.76 Å². The van der Waals surface area contributed by atoms with Crippen LogP contribution >= 0.6 is 0 Å². The molecule has 0 spiro atoms. The average molecular weight is 350 g/mol. The summed E-state index contributed by atoms with van der Waals surface area (Å²) in [4.78, 5) is 0. The van der Waals surface area contributed by atoms with Crippen LogP contribution in [0.15, 0.2) is 41.7 Å². The first-order valence-electron chi connectivity index (χ1n) is 7.06. The van der Waals surface area contributed by atoms with Gasteiger partial charge in [0.2, 0.25) is 0 Å². The van der Waals surface area contributed by atoms with Crippen molar-refractivity contribution >= 4 is 10.1 Å². The number of alkyl halides is 3. The fraction of sp³-hybridized carbons (Fsp3) is 0.467. The Morgan fingerprint density at radius 1 is 1.30 bits per heavy atom. The van der Waals surface area contributed by atoms with Crippen molar-refractivity contribution in [3.63, 3.8) is 0 Å². The molecule has 2 atom stereocenters. The highest BCUT2D eigenvalue weighted by atomic mass is 32.2. The standard InChI is InChI=1S/C15H17F3O4S/c1-3-13-12(10(2)22-23(19,20)15(16,17)18)9-14(21-13)11-7-5-4-6-8-11/h4-8,13-14H,3,9H2,1-2H3. The van der Waals surface area contributed by atoms with E-state index in [-0.39, 0.29) is 11.9 Å². The van der Waals surface area contributed by atoms with Gasteiger partial charge in [-0.05, 0) is 18.9 Å². The van der Waals surface area contributed by atoms with Gasteiger partial charge < -0.3 is 8.92 Å². The maximum Gasteiger partial charge on any atom is 0.534 e. The van der Waals surface area contributed by atoms with Crippen molar-refractivity contribution in [2.24, 2.45) is 0 Å². The predicted molar refractivity (Wildman–Crippen MR) is 77.7 cm³/mol. The molecule has 2 rings (SSSR count). The lowest BCUT2D eigenvalue weighted by molar-refractivity contribution is -0.0522. The largest absolute Gasteiger partial charge is 0.534 e. The Labute approximate surface area is 133 Å². The third-order valence-electron chi connectivity index (χ3n) is 3.64. The molecule has 0 bridgehead atoms. The van der Waals surface area contributed by atoms with Gasteiger partial charge in [-0.3, -0.25) is 0 Å². The van der Waals surface area contributed by atoms with E-state index in [4.69, 9.17) is 4.74 Å². The lowest BCUT2D eigenvalue weighted by Gasteiger charge is -2.14. The molecule has 1 aromatic carbocycles. The molecule has 2 unspecified atom stereocenters. The number of rotatable bonds is 4. The summed E-state index contributed by atoms with van der Waals surface area (Å²) in [7, 11) is -5.66. The Balaban J connectivity index is 2.27. The van der Waals surface area contributed by atoms with E-state index in [9.17, 15) is 21.6 Å². The average Bonchev–Trinajstić information content (AvgIpc) is 2.91. The second-order valence-corrected chi connectivity index (χ2v) is 6.74. The summed E-state index contributed by atoms with van der Waals surface area (Å²) in [5.74, 6) is -0.271. The Hall–Kier alpha value is -1.54. The van der Waals surface area contributed by atoms with Crippen molar-refractivity contribution in [3.05, 3.63) is 47.2 Å². The number of allylic oxidation sites excluding steroid dienone is 1. The topological polar surface area (TPSA) is 52.6 Å². The van der Waals surface area contributed by atoms with Crippen molar-refractivity contribution in [1.82, 2.24) is 0 Å². The molecule has 1 saturated heterocycles. The minimum Gasteiger partial charge on any atom is -0.381 e. The van der Waals surface area contributed by atoms with E-state index in [0.29, 0.717) is 18.4 Å². The molecule has 1 aliphatic heterocycles. The van der Waals surface area contributed by atoms with Crippen LogP contribution in [0.5, 0.6) is 0 Å². The molecule has 1 aliphatic rings. The van der Waals surface area contributed by atoms with E-state index in [2.05, 4.69) is 4.18 Å².